The van der Waals surface area contributed by atoms with Gasteiger partial charge >= 0.3 is 0 Å². The summed E-state index contributed by atoms with van der Waals surface area (Å²) in [5.74, 6) is 0. The van der Waals surface area contributed by atoms with Crippen LogP contribution in [0.4, 0.5) is 0 Å². The van der Waals surface area contributed by atoms with Crippen molar-refractivity contribution in [3.63, 3.8) is 0 Å². The number of rotatable bonds is 9. The highest BCUT2D eigenvalue weighted by Crippen LogP contribution is 2.46. The second-order valence-electron chi connectivity index (χ2n) is 11.5. The highest BCUT2D eigenvalue weighted by Gasteiger charge is 2.49. The maximum Gasteiger partial charge on any atom is 0.117 e. The third-order valence-electron chi connectivity index (χ3n) is 9.19. The Hall–Kier alpha value is -3.76. The summed E-state index contributed by atoms with van der Waals surface area (Å²) in [6, 6.07) is 55.3. The molecule has 1 fully saturated rings. The van der Waals surface area contributed by atoms with Crippen molar-refractivity contribution in [2.45, 2.75) is 43.1 Å². The lowest BCUT2D eigenvalue weighted by Gasteiger charge is -2.48. The molecule has 0 bridgehead atoms. The summed E-state index contributed by atoms with van der Waals surface area (Å²) >= 11 is 0. The van der Waals surface area contributed by atoms with Crippen molar-refractivity contribution in [3.8, 4) is 0 Å². The van der Waals surface area contributed by atoms with E-state index in [2.05, 4.69) is 163 Å². The van der Waals surface area contributed by atoms with Crippen LogP contribution < -0.4 is 10.4 Å². The highest BCUT2D eigenvalue weighted by molar-refractivity contribution is 7.01. The van der Waals surface area contributed by atoms with Gasteiger partial charge in [-0.1, -0.05) is 169 Å². The molecule has 0 aromatic heterocycles. The standard InChI is InChI=1S/C38H39NOSi/c1-41(34-24-13-5-14-25-34,35-26-15-6-16-27-35)30-37(40)36-28-17-29-39(36)38(31-18-7-2-8-19-31,32-20-9-3-10-21-32)33-22-11-4-12-23-33/h2-16,18-27,36-37,40H,17,28-30H2,1H3/t36?,37-/m1/s1. The molecule has 1 aliphatic rings. The quantitative estimate of drug-likeness (QED) is 0.162. The number of nitrogens with zero attached hydrogens (tertiary/aromatic N) is 1. The third kappa shape index (κ3) is 5.10. The van der Waals surface area contributed by atoms with Crippen molar-refractivity contribution in [3.05, 3.63) is 168 Å². The Labute approximate surface area is 246 Å². The summed E-state index contributed by atoms with van der Waals surface area (Å²) in [4.78, 5) is 2.63. The van der Waals surface area contributed by atoms with Gasteiger partial charge in [-0.2, -0.15) is 0 Å². The number of hydrogen-bond donors (Lipinski definition) is 1. The summed E-state index contributed by atoms with van der Waals surface area (Å²) in [6.45, 7) is 3.36. The average molecular weight is 554 g/mol. The van der Waals surface area contributed by atoms with Gasteiger partial charge in [-0.3, -0.25) is 4.90 Å². The van der Waals surface area contributed by atoms with Crippen LogP contribution in [-0.2, 0) is 5.54 Å². The van der Waals surface area contributed by atoms with Crippen LogP contribution in [-0.4, -0.2) is 36.8 Å². The van der Waals surface area contributed by atoms with Crippen molar-refractivity contribution in [1.82, 2.24) is 4.90 Å². The van der Waals surface area contributed by atoms with E-state index in [0.29, 0.717) is 0 Å². The molecule has 1 heterocycles. The molecule has 6 rings (SSSR count). The number of hydrogen-bond acceptors (Lipinski definition) is 2. The van der Waals surface area contributed by atoms with Crippen LogP contribution in [0.5, 0.6) is 0 Å². The first-order valence-electron chi connectivity index (χ1n) is 14.9. The van der Waals surface area contributed by atoms with Gasteiger partial charge in [0.2, 0.25) is 0 Å². The molecule has 0 aliphatic carbocycles. The van der Waals surface area contributed by atoms with Crippen molar-refractivity contribution in [1.29, 1.82) is 0 Å². The molecule has 5 aromatic rings. The van der Waals surface area contributed by atoms with E-state index in [1.165, 1.54) is 27.1 Å². The average Bonchev–Trinajstić information content (AvgIpc) is 3.54. The minimum absolute atomic E-state index is 0.0230. The van der Waals surface area contributed by atoms with Gasteiger partial charge in [-0.15, -0.1) is 0 Å². The van der Waals surface area contributed by atoms with E-state index >= 15 is 0 Å². The van der Waals surface area contributed by atoms with Gasteiger partial charge in [0, 0.05) is 12.6 Å². The summed E-state index contributed by atoms with van der Waals surface area (Å²) in [5, 5.41) is 15.1. The van der Waals surface area contributed by atoms with Crippen LogP contribution in [0.1, 0.15) is 29.5 Å². The molecule has 41 heavy (non-hydrogen) atoms. The van der Waals surface area contributed by atoms with E-state index in [1.807, 2.05) is 0 Å². The number of benzene rings is 5. The lowest BCUT2D eigenvalue weighted by molar-refractivity contribution is 0.0431. The summed E-state index contributed by atoms with van der Waals surface area (Å²) < 4.78 is 0. The van der Waals surface area contributed by atoms with Crippen molar-refractivity contribution >= 4 is 18.4 Å². The molecule has 0 saturated carbocycles. The molecule has 1 saturated heterocycles. The lowest BCUT2D eigenvalue weighted by atomic mass is 9.75. The largest absolute Gasteiger partial charge is 0.392 e. The van der Waals surface area contributed by atoms with Gasteiger partial charge in [-0.05, 0) is 35.6 Å². The Morgan fingerprint density at radius 3 is 1.39 bits per heavy atom. The van der Waals surface area contributed by atoms with Gasteiger partial charge in [0.25, 0.3) is 0 Å². The van der Waals surface area contributed by atoms with E-state index in [4.69, 9.17) is 0 Å². The molecule has 1 unspecified atom stereocenters. The summed E-state index contributed by atoms with van der Waals surface area (Å²) in [7, 11) is -2.24. The van der Waals surface area contributed by atoms with Gasteiger partial charge < -0.3 is 5.11 Å². The smallest absolute Gasteiger partial charge is 0.117 e. The number of aliphatic hydroxyl groups is 1. The molecule has 0 radical (unpaired) electrons. The predicted octanol–water partition coefficient (Wildman–Crippen LogP) is 6.70. The first-order valence-corrected chi connectivity index (χ1v) is 17.6. The van der Waals surface area contributed by atoms with Crippen LogP contribution in [0.25, 0.3) is 0 Å². The molecule has 0 spiro atoms. The topological polar surface area (TPSA) is 23.5 Å². The van der Waals surface area contributed by atoms with Crippen molar-refractivity contribution < 1.29 is 5.11 Å². The minimum atomic E-state index is -2.24. The molecule has 2 atom stereocenters. The van der Waals surface area contributed by atoms with E-state index in [-0.39, 0.29) is 6.04 Å². The Kier molecular flexibility index (Phi) is 8.02. The molecule has 3 heteroatoms. The zero-order valence-corrected chi connectivity index (χ0v) is 24.8. The molecule has 206 valence electrons. The minimum Gasteiger partial charge on any atom is -0.392 e. The maximum absolute atomic E-state index is 12.4. The highest BCUT2D eigenvalue weighted by atomic mass is 28.3. The Morgan fingerprint density at radius 2 is 1.00 bits per heavy atom. The number of likely N-dealkylation sites (tertiary alicyclic amines) is 1. The van der Waals surface area contributed by atoms with Crippen LogP contribution in [0, 0.1) is 0 Å². The summed E-state index contributed by atoms with van der Waals surface area (Å²) in [5.41, 5.74) is 3.21. The van der Waals surface area contributed by atoms with Gasteiger partial charge in [-0.25, -0.2) is 0 Å². The Balaban J connectivity index is 1.48. The second-order valence-corrected chi connectivity index (χ2v) is 15.8. The fourth-order valence-corrected chi connectivity index (χ4v) is 11.0. The third-order valence-corrected chi connectivity index (χ3v) is 13.6. The van der Waals surface area contributed by atoms with E-state index in [9.17, 15) is 5.11 Å². The fourth-order valence-electron chi connectivity index (χ4n) is 7.21. The zero-order chi connectivity index (χ0) is 28.1. The summed E-state index contributed by atoms with van der Waals surface area (Å²) in [6.07, 6.45) is 1.57. The lowest BCUT2D eigenvalue weighted by Crippen LogP contribution is -2.60. The maximum atomic E-state index is 12.4. The Bertz CT molecular complexity index is 1370. The molecule has 2 nitrogen and oxygen atoms in total. The molecule has 1 N–H and O–H groups in total. The van der Waals surface area contributed by atoms with Crippen LogP contribution in [0.2, 0.25) is 12.6 Å². The molecule has 0 amide bonds. The van der Waals surface area contributed by atoms with Crippen molar-refractivity contribution in [2.75, 3.05) is 6.54 Å². The first kappa shape index (κ1) is 27.4. The second kappa shape index (κ2) is 12.0. The van der Waals surface area contributed by atoms with Gasteiger partial charge in [0.05, 0.1) is 11.6 Å². The fraction of sp³-hybridized carbons (Fsp3) is 0.211. The Morgan fingerprint density at radius 1 is 0.634 bits per heavy atom. The molecular weight excluding hydrogens is 515 g/mol. The van der Waals surface area contributed by atoms with Crippen LogP contribution in [0.3, 0.4) is 0 Å². The van der Waals surface area contributed by atoms with E-state index in [0.717, 1.165) is 25.4 Å². The molecule has 5 aromatic carbocycles. The molecular formula is C38H39NOSi. The van der Waals surface area contributed by atoms with Gasteiger partial charge in [0.15, 0.2) is 0 Å². The predicted molar refractivity (Wildman–Crippen MR) is 174 cm³/mol. The number of aliphatic hydroxyl groups excluding tert-OH is 1. The molecule has 1 aliphatic heterocycles. The van der Waals surface area contributed by atoms with Gasteiger partial charge in [0.1, 0.15) is 8.07 Å². The monoisotopic (exact) mass is 553 g/mol. The van der Waals surface area contributed by atoms with Crippen molar-refractivity contribution in [2.24, 2.45) is 0 Å². The van der Waals surface area contributed by atoms with Crippen LogP contribution in [0.15, 0.2) is 152 Å². The zero-order valence-electron chi connectivity index (χ0n) is 23.8. The normalized spacial score (nSPS) is 16.9. The van der Waals surface area contributed by atoms with E-state index < -0.39 is 19.7 Å². The SMILES string of the molecule is C[Si](C[C@@H](O)C1CCCN1C(c1ccccc1)(c1ccccc1)c1ccccc1)(c1ccccc1)c1ccccc1. The first-order chi connectivity index (χ1) is 20.1. The van der Waals surface area contributed by atoms with E-state index in [1.54, 1.807) is 0 Å². The van der Waals surface area contributed by atoms with Crippen LogP contribution >= 0.6 is 0 Å².